The smallest absolute Gasteiger partial charge is 0.263 e. The maximum absolute atomic E-state index is 13.1. The number of rotatable bonds is 1. The Kier molecular flexibility index (Phi) is 5.91. The fourth-order valence-corrected chi connectivity index (χ4v) is 4.27. The maximum atomic E-state index is 13.1. The van der Waals surface area contributed by atoms with Crippen molar-refractivity contribution in [3.8, 4) is 23.0 Å². The van der Waals surface area contributed by atoms with E-state index in [9.17, 15) is 26.3 Å². The number of benzene rings is 4. The molecule has 5 aromatic rings. The first kappa shape index (κ1) is 24.4. The van der Waals surface area contributed by atoms with Gasteiger partial charge < -0.3 is 0 Å². The van der Waals surface area contributed by atoms with Crippen LogP contribution in [0.3, 0.4) is 0 Å². The molecular weight excluding hydrogens is 488 g/mol. The Labute approximate surface area is 208 Å². The van der Waals surface area contributed by atoms with E-state index in [1.165, 1.54) is 24.3 Å². The Morgan fingerprint density at radius 3 is 1.89 bits per heavy atom. The third-order valence-corrected chi connectivity index (χ3v) is 6.09. The normalized spacial score (nSPS) is 12.0. The number of alkyl halides is 6. The molecule has 0 aliphatic heterocycles. The molecule has 1 nitrogen and oxygen atoms in total. The molecule has 0 aliphatic rings. The van der Waals surface area contributed by atoms with E-state index in [0.717, 1.165) is 56.9 Å². The van der Waals surface area contributed by atoms with Gasteiger partial charge in [-0.05, 0) is 71.3 Å². The maximum Gasteiger partial charge on any atom is 0.416 e. The number of aromatic nitrogens is 1. The van der Waals surface area contributed by atoms with Crippen molar-refractivity contribution in [3.63, 3.8) is 0 Å². The van der Waals surface area contributed by atoms with E-state index in [4.69, 9.17) is 0 Å². The first-order valence-corrected chi connectivity index (χ1v) is 11.2. The molecule has 0 saturated heterocycles. The Morgan fingerprint density at radius 1 is 0.649 bits per heavy atom. The molecule has 1 heterocycles. The zero-order valence-corrected chi connectivity index (χ0v) is 19.3. The van der Waals surface area contributed by atoms with Crippen LogP contribution in [0.1, 0.15) is 27.8 Å². The molecule has 0 unspecified atom stereocenters. The van der Waals surface area contributed by atoms with Crippen LogP contribution < -0.4 is 0 Å². The van der Waals surface area contributed by atoms with E-state index < -0.39 is 23.5 Å². The minimum atomic E-state index is -4.43. The van der Waals surface area contributed by atoms with E-state index in [2.05, 4.69) is 16.8 Å². The zero-order chi connectivity index (χ0) is 26.4. The molecule has 0 spiro atoms. The van der Waals surface area contributed by atoms with Gasteiger partial charge in [-0.25, -0.2) is 0 Å². The summed E-state index contributed by atoms with van der Waals surface area (Å²) in [4.78, 5) is 4.28. The average Bonchev–Trinajstić information content (AvgIpc) is 2.86. The van der Waals surface area contributed by atoms with Gasteiger partial charge in [0, 0.05) is 28.7 Å². The fraction of sp³-hybridized carbons (Fsp3) is 0.100. The van der Waals surface area contributed by atoms with Crippen LogP contribution in [0.5, 0.6) is 0 Å². The lowest BCUT2D eigenvalue weighted by atomic mass is 9.91. The van der Waals surface area contributed by atoms with Gasteiger partial charge >= 0.3 is 12.4 Å². The molecule has 7 heteroatoms. The summed E-state index contributed by atoms with van der Waals surface area (Å²) in [6.07, 6.45) is -5.60. The fourth-order valence-electron chi connectivity index (χ4n) is 4.27. The van der Waals surface area contributed by atoms with E-state index in [0.29, 0.717) is 16.7 Å². The summed E-state index contributed by atoms with van der Waals surface area (Å²) in [5.41, 5.74) is 1.91. The highest BCUT2D eigenvalue weighted by molar-refractivity contribution is 6.15. The lowest BCUT2D eigenvalue weighted by Crippen LogP contribution is -2.04. The number of fused-ring (bicyclic) bond motifs is 3. The summed E-state index contributed by atoms with van der Waals surface area (Å²) < 4.78 is 77.8. The molecule has 0 N–H and O–H groups in total. The first-order valence-electron chi connectivity index (χ1n) is 11.2. The lowest BCUT2D eigenvalue weighted by Gasteiger charge is -2.14. The van der Waals surface area contributed by atoms with Crippen molar-refractivity contribution in [1.82, 2.24) is 4.98 Å². The molecule has 0 radical (unpaired) electrons. The third-order valence-electron chi connectivity index (χ3n) is 6.09. The SMILES string of the molecule is Cc1ccc2c(c1)c(-c1ccc(C(F)(F)F)cc1)cc1cncc(C#Cc3ccc(C(F)(F)F)cc3)c12. The molecule has 1 aromatic heterocycles. The number of pyridine rings is 1. The van der Waals surface area contributed by atoms with E-state index >= 15 is 0 Å². The largest absolute Gasteiger partial charge is 0.416 e. The molecule has 0 bridgehead atoms. The predicted molar refractivity (Wildman–Crippen MR) is 132 cm³/mol. The summed E-state index contributed by atoms with van der Waals surface area (Å²) in [5, 5.41) is 3.23. The molecule has 0 saturated carbocycles. The summed E-state index contributed by atoms with van der Waals surface area (Å²) in [6.45, 7) is 1.93. The second kappa shape index (κ2) is 8.97. The number of hydrogen-bond acceptors (Lipinski definition) is 1. The van der Waals surface area contributed by atoms with Crippen LogP contribution in [0.25, 0.3) is 32.7 Å². The highest BCUT2D eigenvalue weighted by Crippen LogP contribution is 2.38. The number of halogens is 6. The standard InChI is InChI=1S/C30H17F6N/c1-18-2-13-25-27(14-18)26(20-7-11-24(12-8-20)30(34,35)36)15-22-17-37-16-21(28(22)25)6-3-19-4-9-23(10-5-19)29(31,32)33/h2,4-5,7-17H,1H3. The topological polar surface area (TPSA) is 12.9 Å². The van der Waals surface area contributed by atoms with Crippen LogP contribution >= 0.6 is 0 Å². The van der Waals surface area contributed by atoms with Gasteiger partial charge in [0.25, 0.3) is 0 Å². The molecule has 5 rings (SSSR count). The van der Waals surface area contributed by atoms with Gasteiger partial charge in [0.2, 0.25) is 0 Å². The Balaban J connectivity index is 1.66. The highest BCUT2D eigenvalue weighted by atomic mass is 19.4. The van der Waals surface area contributed by atoms with Crippen molar-refractivity contribution in [2.24, 2.45) is 0 Å². The van der Waals surface area contributed by atoms with Gasteiger partial charge in [-0.15, -0.1) is 0 Å². The van der Waals surface area contributed by atoms with Crippen molar-refractivity contribution in [2.45, 2.75) is 19.3 Å². The van der Waals surface area contributed by atoms with Crippen molar-refractivity contribution in [2.75, 3.05) is 0 Å². The van der Waals surface area contributed by atoms with Crippen LogP contribution in [0, 0.1) is 18.8 Å². The van der Waals surface area contributed by atoms with Crippen molar-refractivity contribution >= 4 is 21.5 Å². The van der Waals surface area contributed by atoms with Crippen LogP contribution in [-0.4, -0.2) is 4.98 Å². The molecule has 0 fully saturated rings. The molecule has 37 heavy (non-hydrogen) atoms. The van der Waals surface area contributed by atoms with Crippen LogP contribution in [0.15, 0.2) is 85.2 Å². The molecule has 0 aliphatic carbocycles. The summed E-state index contributed by atoms with van der Waals surface area (Å²) in [5.74, 6) is 5.94. The van der Waals surface area contributed by atoms with Gasteiger partial charge in [-0.1, -0.05) is 47.7 Å². The minimum absolute atomic E-state index is 0.423. The first-order chi connectivity index (χ1) is 17.5. The molecular formula is C30H17F6N. The second-order valence-electron chi connectivity index (χ2n) is 8.66. The van der Waals surface area contributed by atoms with Crippen LogP contribution in [0.4, 0.5) is 26.3 Å². The highest BCUT2D eigenvalue weighted by Gasteiger charge is 2.30. The number of aryl methyl sites for hydroxylation is 1. The van der Waals surface area contributed by atoms with Gasteiger partial charge in [-0.2, -0.15) is 26.3 Å². The molecule has 0 amide bonds. The Hall–Kier alpha value is -4.31. The Bertz CT molecular complexity index is 1680. The molecule has 0 atom stereocenters. The second-order valence-corrected chi connectivity index (χ2v) is 8.66. The monoisotopic (exact) mass is 505 g/mol. The van der Waals surface area contributed by atoms with Gasteiger partial charge in [-0.3, -0.25) is 4.98 Å². The molecule has 4 aromatic carbocycles. The van der Waals surface area contributed by atoms with E-state index in [1.807, 2.05) is 31.2 Å². The van der Waals surface area contributed by atoms with E-state index in [-0.39, 0.29) is 0 Å². The zero-order valence-electron chi connectivity index (χ0n) is 19.3. The summed E-state index contributed by atoms with van der Waals surface area (Å²) in [6, 6.07) is 17.3. The molecule has 184 valence electrons. The van der Waals surface area contributed by atoms with E-state index in [1.54, 1.807) is 12.4 Å². The Morgan fingerprint density at radius 2 is 1.27 bits per heavy atom. The van der Waals surface area contributed by atoms with Crippen LogP contribution in [0.2, 0.25) is 0 Å². The van der Waals surface area contributed by atoms with Crippen molar-refractivity contribution in [3.05, 3.63) is 113 Å². The quantitative estimate of drug-likeness (QED) is 0.126. The van der Waals surface area contributed by atoms with Crippen molar-refractivity contribution < 1.29 is 26.3 Å². The number of nitrogens with zero attached hydrogens (tertiary/aromatic N) is 1. The summed E-state index contributed by atoms with van der Waals surface area (Å²) in [7, 11) is 0. The van der Waals surface area contributed by atoms with Crippen molar-refractivity contribution in [1.29, 1.82) is 0 Å². The predicted octanol–water partition coefficient (Wildman–Crippen LogP) is 8.80. The lowest BCUT2D eigenvalue weighted by molar-refractivity contribution is -0.138. The van der Waals surface area contributed by atoms with Gasteiger partial charge in [0.15, 0.2) is 0 Å². The minimum Gasteiger partial charge on any atom is -0.263 e. The van der Waals surface area contributed by atoms with Crippen LogP contribution in [-0.2, 0) is 12.4 Å². The third kappa shape index (κ3) is 4.88. The average molecular weight is 505 g/mol. The van der Waals surface area contributed by atoms with Gasteiger partial charge in [0.05, 0.1) is 16.7 Å². The number of hydrogen-bond donors (Lipinski definition) is 0. The summed E-state index contributed by atoms with van der Waals surface area (Å²) >= 11 is 0. The van der Waals surface area contributed by atoms with Gasteiger partial charge in [0.1, 0.15) is 0 Å².